The second-order valence-corrected chi connectivity index (χ2v) is 11.4. The third-order valence-corrected chi connectivity index (χ3v) is 7.19. The molecule has 0 radical (unpaired) electrons. The zero-order valence-corrected chi connectivity index (χ0v) is 22.6. The molecule has 0 spiro atoms. The summed E-state index contributed by atoms with van der Waals surface area (Å²) < 4.78 is 20.9. The number of nitrogens with zero attached hydrogens (tertiary/aromatic N) is 6. The van der Waals surface area contributed by atoms with Crippen LogP contribution < -0.4 is 9.80 Å². The molecule has 2 aliphatic heterocycles. The van der Waals surface area contributed by atoms with E-state index in [1.807, 2.05) is 20.8 Å². The number of carbonyl (C=O) groups is 1. The summed E-state index contributed by atoms with van der Waals surface area (Å²) in [5, 5.41) is 0.829. The van der Waals surface area contributed by atoms with Gasteiger partial charge in [-0.25, -0.2) is 14.2 Å². The fourth-order valence-electron chi connectivity index (χ4n) is 4.32. The van der Waals surface area contributed by atoms with Crippen LogP contribution in [0, 0.1) is 11.7 Å². The summed E-state index contributed by atoms with van der Waals surface area (Å²) in [4.78, 5) is 29.9. The minimum absolute atomic E-state index is 0.195. The van der Waals surface area contributed by atoms with E-state index in [4.69, 9.17) is 21.3 Å². The van der Waals surface area contributed by atoms with Crippen molar-refractivity contribution in [3.63, 3.8) is 0 Å². The highest BCUT2D eigenvalue weighted by atomic mass is 79.9. The van der Waals surface area contributed by atoms with Crippen LogP contribution in [-0.2, 0) is 4.74 Å². The molecule has 0 atom stereocenters. The highest BCUT2D eigenvalue weighted by molar-refractivity contribution is 9.10. The van der Waals surface area contributed by atoms with Crippen molar-refractivity contribution >= 4 is 56.3 Å². The number of hydrogen-bond donors (Lipinski definition) is 0. The van der Waals surface area contributed by atoms with E-state index in [0.717, 1.165) is 19.6 Å². The van der Waals surface area contributed by atoms with Crippen molar-refractivity contribution in [2.45, 2.75) is 26.4 Å². The van der Waals surface area contributed by atoms with Crippen molar-refractivity contribution < 1.29 is 13.9 Å². The monoisotopic (exact) mass is 556 g/mol. The van der Waals surface area contributed by atoms with Gasteiger partial charge in [-0.3, -0.25) is 0 Å². The molecule has 4 rings (SSSR count). The zero-order chi connectivity index (χ0) is 24.8. The number of hydrogen-bond acceptors (Lipinski definition) is 7. The molecular weight excluding hydrogens is 527 g/mol. The molecule has 2 saturated heterocycles. The highest BCUT2D eigenvalue weighted by Crippen LogP contribution is 2.37. The Kier molecular flexibility index (Phi) is 7.13. The molecule has 34 heavy (non-hydrogen) atoms. The number of halogens is 3. The first-order chi connectivity index (χ1) is 15.9. The van der Waals surface area contributed by atoms with Gasteiger partial charge in [0.05, 0.1) is 9.50 Å². The quantitative estimate of drug-likeness (QED) is 0.521. The summed E-state index contributed by atoms with van der Waals surface area (Å²) in [5.41, 5.74) is -0.308. The van der Waals surface area contributed by atoms with Gasteiger partial charge in [-0.05, 0) is 56.9 Å². The average molecular weight is 558 g/mol. The fraction of sp³-hybridized carbons (Fsp3) is 0.609. The number of aromatic nitrogens is 2. The van der Waals surface area contributed by atoms with Gasteiger partial charge in [-0.1, -0.05) is 11.6 Å². The molecule has 0 N–H and O–H groups in total. The van der Waals surface area contributed by atoms with Gasteiger partial charge < -0.3 is 24.3 Å². The lowest BCUT2D eigenvalue weighted by Crippen LogP contribution is -2.52. The Morgan fingerprint density at radius 1 is 1.21 bits per heavy atom. The lowest BCUT2D eigenvalue weighted by Gasteiger charge is -2.41. The van der Waals surface area contributed by atoms with Crippen LogP contribution in [-0.4, -0.2) is 91.4 Å². The SMILES string of the molecule is CN(C)CC1CN(c2nc(N3CCN(C(=O)OC(C)(C)C)CC3)c3cc(Cl)c(Br)c(F)c3n2)C1. The molecule has 2 fully saturated rings. The van der Waals surface area contributed by atoms with Gasteiger partial charge in [0.1, 0.15) is 16.9 Å². The molecule has 1 amide bonds. The van der Waals surface area contributed by atoms with Crippen LogP contribution in [0.25, 0.3) is 10.9 Å². The summed E-state index contributed by atoms with van der Waals surface area (Å²) in [6.07, 6.45) is -0.328. The van der Waals surface area contributed by atoms with Crippen LogP contribution in [0.3, 0.4) is 0 Å². The van der Waals surface area contributed by atoms with Crippen molar-refractivity contribution in [2.75, 3.05) is 69.7 Å². The topological polar surface area (TPSA) is 65.0 Å². The van der Waals surface area contributed by atoms with E-state index in [9.17, 15) is 4.79 Å². The predicted octanol–water partition coefficient (Wildman–Crippen LogP) is 4.24. The van der Waals surface area contributed by atoms with Crippen molar-refractivity contribution in [2.24, 2.45) is 5.92 Å². The van der Waals surface area contributed by atoms with Gasteiger partial charge >= 0.3 is 6.09 Å². The molecule has 1 aromatic heterocycles. The number of anilines is 2. The summed E-state index contributed by atoms with van der Waals surface area (Å²) in [5.74, 6) is 1.18. The molecular formula is C23H31BrClFN6O2. The van der Waals surface area contributed by atoms with Gasteiger partial charge in [0.25, 0.3) is 0 Å². The fourth-order valence-corrected chi connectivity index (χ4v) is 4.81. The van der Waals surface area contributed by atoms with Crippen molar-refractivity contribution in [1.29, 1.82) is 0 Å². The van der Waals surface area contributed by atoms with Crippen LogP contribution >= 0.6 is 27.5 Å². The Hall–Kier alpha value is -1.91. The Bertz CT molecular complexity index is 1080. The van der Waals surface area contributed by atoms with Gasteiger partial charge in [-0.15, -0.1) is 0 Å². The smallest absolute Gasteiger partial charge is 0.410 e. The number of ether oxygens (including phenoxy) is 1. The third kappa shape index (κ3) is 5.33. The third-order valence-electron chi connectivity index (χ3n) is 5.89. The molecule has 3 heterocycles. The van der Waals surface area contributed by atoms with Crippen LogP contribution in [0.15, 0.2) is 10.5 Å². The van der Waals surface area contributed by atoms with Gasteiger partial charge in [0.2, 0.25) is 5.95 Å². The average Bonchev–Trinajstić information content (AvgIpc) is 2.73. The molecule has 11 heteroatoms. The first-order valence-corrected chi connectivity index (χ1v) is 12.6. The van der Waals surface area contributed by atoms with Crippen molar-refractivity contribution in [1.82, 2.24) is 19.8 Å². The molecule has 2 aromatic rings. The molecule has 0 aliphatic carbocycles. The number of rotatable bonds is 4. The van der Waals surface area contributed by atoms with Crippen molar-refractivity contribution in [3.05, 3.63) is 21.4 Å². The van der Waals surface area contributed by atoms with E-state index in [1.54, 1.807) is 11.0 Å². The number of carbonyl (C=O) groups excluding carboxylic acids is 1. The van der Waals surface area contributed by atoms with Crippen LogP contribution in [0.5, 0.6) is 0 Å². The second kappa shape index (κ2) is 9.62. The minimum atomic E-state index is -0.546. The zero-order valence-electron chi connectivity index (χ0n) is 20.2. The summed E-state index contributed by atoms with van der Waals surface area (Å²) >= 11 is 9.53. The van der Waals surface area contributed by atoms with Gasteiger partial charge in [-0.2, -0.15) is 4.98 Å². The number of amides is 1. The maximum Gasteiger partial charge on any atom is 0.410 e. The summed E-state index contributed by atoms with van der Waals surface area (Å²) in [7, 11) is 4.11. The summed E-state index contributed by atoms with van der Waals surface area (Å²) in [6.45, 7) is 10.2. The predicted molar refractivity (Wildman–Crippen MR) is 136 cm³/mol. The summed E-state index contributed by atoms with van der Waals surface area (Å²) in [6, 6.07) is 1.70. The normalized spacial score (nSPS) is 17.5. The Balaban J connectivity index is 1.61. The maximum absolute atomic E-state index is 15.2. The lowest BCUT2D eigenvalue weighted by atomic mass is 10.0. The number of benzene rings is 1. The lowest BCUT2D eigenvalue weighted by molar-refractivity contribution is 0.0240. The standard InChI is InChI=1S/C23H31BrClFN6O2/c1-23(2,3)34-22(33)31-8-6-30(7-9-31)20-15-10-16(25)17(24)18(26)19(15)27-21(28-20)32-12-14(13-32)11-29(4)5/h10,14H,6-9,11-13H2,1-5H3. The van der Waals surface area contributed by atoms with Gasteiger partial charge in [0, 0.05) is 57.1 Å². The molecule has 2 aliphatic rings. The van der Waals surface area contributed by atoms with Gasteiger partial charge in [0.15, 0.2) is 5.82 Å². The number of fused-ring (bicyclic) bond motifs is 1. The van der Waals surface area contributed by atoms with E-state index >= 15 is 4.39 Å². The second-order valence-electron chi connectivity index (χ2n) is 10.2. The van der Waals surface area contributed by atoms with E-state index < -0.39 is 11.4 Å². The highest BCUT2D eigenvalue weighted by Gasteiger charge is 2.32. The Labute approximate surface area is 213 Å². The minimum Gasteiger partial charge on any atom is -0.444 e. The molecule has 186 valence electrons. The first kappa shape index (κ1) is 25.2. The Morgan fingerprint density at radius 3 is 2.44 bits per heavy atom. The Morgan fingerprint density at radius 2 is 1.85 bits per heavy atom. The first-order valence-electron chi connectivity index (χ1n) is 11.4. The largest absolute Gasteiger partial charge is 0.444 e. The molecule has 8 nitrogen and oxygen atoms in total. The maximum atomic E-state index is 15.2. The molecule has 1 aromatic carbocycles. The van der Waals surface area contributed by atoms with E-state index in [0.29, 0.717) is 49.2 Å². The van der Waals surface area contributed by atoms with E-state index in [-0.39, 0.29) is 21.1 Å². The van der Waals surface area contributed by atoms with E-state index in [1.165, 1.54) is 0 Å². The number of piperazine rings is 1. The molecule has 0 unspecified atom stereocenters. The molecule has 0 bridgehead atoms. The van der Waals surface area contributed by atoms with Crippen LogP contribution in [0.1, 0.15) is 20.8 Å². The van der Waals surface area contributed by atoms with Crippen molar-refractivity contribution in [3.8, 4) is 0 Å². The van der Waals surface area contributed by atoms with E-state index in [2.05, 4.69) is 49.7 Å². The van der Waals surface area contributed by atoms with Crippen LogP contribution in [0.2, 0.25) is 5.02 Å². The molecule has 0 saturated carbocycles. The van der Waals surface area contributed by atoms with Crippen LogP contribution in [0.4, 0.5) is 21.0 Å².